The summed E-state index contributed by atoms with van der Waals surface area (Å²) in [5.74, 6) is -0.623. The molecule has 0 saturated heterocycles. The van der Waals surface area contributed by atoms with Crippen LogP contribution in [-0.2, 0) is 11.0 Å². The van der Waals surface area contributed by atoms with E-state index in [-0.39, 0.29) is 5.82 Å². The van der Waals surface area contributed by atoms with Gasteiger partial charge in [0, 0.05) is 22.2 Å². The number of tetrazole rings is 1. The van der Waals surface area contributed by atoms with Crippen molar-refractivity contribution in [3.8, 4) is 11.4 Å². The van der Waals surface area contributed by atoms with Crippen molar-refractivity contribution in [2.45, 2.75) is 19.1 Å². The molecular formula is C17H12BrF3N6O3. The first kappa shape index (κ1) is 21.4. The number of alkyl halides is 3. The van der Waals surface area contributed by atoms with E-state index >= 15 is 0 Å². The zero-order chi connectivity index (χ0) is 22.1. The largest absolute Gasteiger partial charge is 0.418 e. The Labute approximate surface area is 175 Å². The summed E-state index contributed by atoms with van der Waals surface area (Å²) in [7, 11) is 0. The summed E-state index contributed by atoms with van der Waals surface area (Å²) in [5, 5.41) is 24.6. The molecule has 1 atom stereocenters. The van der Waals surface area contributed by atoms with Crippen LogP contribution in [-0.4, -0.2) is 31.0 Å². The Morgan fingerprint density at radius 2 is 1.90 bits per heavy atom. The van der Waals surface area contributed by atoms with Crippen LogP contribution in [0, 0.1) is 10.1 Å². The molecule has 0 bridgehead atoms. The van der Waals surface area contributed by atoms with Crippen molar-refractivity contribution in [1.82, 2.24) is 20.2 Å². The smallest absolute Gasteiger partial charge is 0.324 e. The minimum absolute atomic E-state index is 0.230. The van der Waals surface area contributed by atoms with Crippen LogP contribution in [0.15, 0.2) is 46.9 Å². The molecule has 0 aliphatic carbocycles. The summed E-state index contributed by atoms with van der Waals surface area (Å²) in [4.78, 5) is 23.2. The maximum Gasteiger partial charge on any atom is 0.418 e. The van der Waals surface area contributed by atoms with Crippen LogP contribution in [0.1, 0.15) is 18.5 Å². The molecule has 1 unspecified atom stereocenters. The SMILES string of the molecule is CC(C(=O)Nc1ccc([N+](=O)[O-])cc1C(F)(F)F)n1nnc(-c2ccc(Br)cc2)n1. The van der Waals surface area contributed by atoms with Crippen molar-refractivity contribution in [2.24, 2.45) is 0 Å². The van der Waals surface area contributed by atoms with Gasteiger partial charge in [-0.15, -0.1) is 10.2 Å². The number of aromatic nitrogens is 4. The number of anilines is 1. The fraction of sp³-hybridized carbons (Fsp3) is 0.176. The van der Waals surface area contributed by atoms with E-state index in [4.69, 9.17) is 0 Å². The van der Waals surface area contributed by atoms with Crippen LogP contribution >= 0.6 is 15.9 Å². The molecule has 156 valence electrons. The molecule has 2 aromatic carbocycles. The van der Waals surface area contributed by atoms with Crippen LogP contribution in [0.3, 0.4) is 0 Å². The lowest BCUT2D eigenvalue weighted by atomic mass is 10.1. The van der Waals surface area contributed by atoms with Crippen molar-refractivity contribution in [2.75, 3.05) is 5.32 Å². The molecule has 3 aromatic rings. The van der Waals surface area contributed by atoms with Gasteiger partial charge in [0.25, 0.3) is 11.6 Å². The fourth-order valence-corrected chi connectivity index (χ4v) is 2.70. The van der Waals surface area contributed by atoms with E-state index in [1.54, 1.807) is 24.3 Å². The summed E-state index contributed by atoms with van der Waals surface area (Å²) >= 11 is 3.30. The molecule has 1 aromatic heterocycles. The number of hydrogen-bond acceptors (Lipinski definition) is 6. The third kappa shape index (κ3) is 4.62. The van der Waals surface area contributed by atoms with Gasteiger partial charge in [-0.25, -0.2) is 0 Å². The molecule has 3 rings (SSSR count). The summed E-state index contributed by atoms with van der Waals surface area (Å²) in [6, 6.07) is 7.93. The number of carbonyl (C=O) groups excluding carboxylic acids is 1. The number of non-ortho nitro benzene ring substituents is 1. The fourth-order valence-electron chi connectivity index (χ4n) is 2.44. The predicted molar refractivity (Wildman–Crippen MR) is 102 cm³/mol. The van der Waals surface area contributed by atoms with Crippen molar-refractivity contribution in [3.63, 3.8) is 0 Å². The predicted octanol–water partition coefficient (Wildman–Crippen LogP) is 4.23. The molecule has 1 amide bonds. The quantitative estimate of drug-likeness (QED) is 0.427. The van der Waals surface area contributed by atoms with Crippen molar-refractivity contribution >= 4 is 33.2 Å². The average Bonchev–Trinajstić information content (AvgIpc) is 3.17. The highest BCUT2D eigenvalue weighted by Gasteiger charge is 2.36. The van der Waals surface area contributed by atoms with E-state index in [0.717, 1.165) is 21.4 Å². The second-order valence-electron chi connectivity index (χ2n) is 6.09. The normalized spacial score (nSPS) is 12.4. The van der Waals surface area contributed by atoms with E-state index in [2.05, 4.69) is 36.7 Å². The topological polar surface area (TPSA) is 116 Å². The van der Waals surface area contributed by atoms with Crippen LogP contribution in [0.5, 0.6) is 0 Å². The van der Waals surface area contributed by atoms with Crippen LogP contribution < -0.4 is 5.32 Å². The van der Waals surface area contributed by atoms with Crippen molar-refractivity contribution in [3.05, 3.63) is 62.6 Å². The molecule has 13 heteroatoms. The van der Waals surface area contributed by atoms with E-state index in [1.165, 1.54) is 6.92 Å². The summed E-state index contributed by atoms with van der Waals surface area (Å²) in [5.41, 5.74) is -2.06. The molecule has 30 heavy (non-hydrogen) atoms. The lowest BCUT2D eigenvalue weighted by Crippen LogP contribution is -2.26. The molecule has 0 radical (unpaired) electrons. The van der Waals surface area contributed by atoms with Crippen LogP contribution in [0.25, 0.3) is 11.4 Å². The van der Waals surface area contributed by atoms with Gasteiger partial charge in [-0.3, -0.25) is 14.9 Å². The van der Waals surface area contributed by atoms with Gasteiger partial charge in [0.1, 0.15) is 6.04 Å². The maximum absolute atomic E-state index is 13.3. The lowest BCUT2D eigenvalue weighted by Gasteiger charge is -2.15. The van der Waals surface area contributed by atoms with Gasteiger partial charge >= 0.3 is 6.18 Å². The second kappa shape index (κ2) is 8.18. The molecule has 0 aliphatic rings. The van der Waals surface area contributed by atoms with Crippen LogP contribution in [0.4, 0.5) is 24.5 Å². The highest BCUT2D eigenvalue weighted by molar-refractivity contribution is 9.10. The average molecular weight is 485 g/mol. The van der Waals surface area contributed by atoms with Crippen LogP contribution in [0.2, 0.25) is 0 Å². The molecular weight excluding hydrogens is 473 g/mol. The number of nitro groups is 1. The Bertz CT molecular complexity index is 1100. The van der Waals surface area contributed by atoms with E-state index in [9.17, 15) is 28.1 Å². The molecule has 1 heterocycles. The molecule has 0 saturated carbocycles. The first-order chi connectivity index (χ1) is 14.1. The number of hydrogen-bond donors (Lipinski definition) is 1. The number of halogens is 4. The Hall–Kier alpha value is -3.35. The van der Waals surface area contributed by atoms with Gasteiger partial charge in [-0.05, 0) is 42.5 Å². The maximum atomic E-state index is 13.3. The Balaban J connectivity index is 1.83. The minimum atomic E-state index is -4.90. The van der Waals surface area contributed by atoms with E-state index in [1.807, 2.05) is 0 Å². The number of amides is 1. The number of benzene rings is 2. The molecule has 0 fully saturated rings. The van der Waals surface area contributed by atoms with Gasteiger partial charge in [0.15, 0.2) is 0 Å². The summed E-state index contributed by atoms with van der Waals surface area (Å²) < 4.78 is 40.6. The number of carbonyl (C=O) groups is 1. The zero-order valence-corrected chi connectivity index (χ0v) is 16.7. The minimum Gasteiger partial charge on any atom is -0.324 e. The van der Waals surface area contributed by atoms with Crippen molar-refractivity contribution < 1.29 is 22.9 Å². The molecule has 1 N–H and O–H groups in total. The first-order valence-corrected chi connectivity index (χ1v) is 9.07. The highest BCUT2D eigenvalue weighted by Crippen LogP contribution is 2.37. The number of nitro benzene ring substituents is 1. The molecule has 0 aliphatic heterocycles. The van der Waals surface area contributed by atoms with Gasteiger partial charge < -0.3 is 5.32 Å². The molecule has 0 spiro atoms. The Morgan fingerprint density at radius 3 is 2.50 bits per heavy atom. The second-order valence-corrected chi connectivity index (χ2v) is 7.01. The third-order valence-electron chi connectivity index (χ3n) is 4.03. The van der Waals surface area contributed by atoms with Crippen molar-refractivity contribution in [1.29, 1.82) is 0 Å². The number of nitrogens with zero attached hydrogens (tertiary/aromatic N) is 5. The summed E-state index contributed by atoms with van der Waals surface area (Å²) in [6.45, 7) is 1.38. The third-order valence-corrected chi connectivity index (χ3v) is 4.56. The monoisotopic (exact) mass is 484 g/mol. The Morgan fingerprint density at radius 1 is 1.23 bits per heavy atom. The highest BCUT2D eigenvalue weighted by atomic mass is 79.9. The lowest BCUT2D eigenvalue weighted by molar-refractivity contribution is -0.385. The number of rotatable bonds is 5. The Kier molecular flexibility index (Phi) is 5.82. The van der Waals surface area contributed by atoms with Gasteiger partial charge in [-0.1, -0.05) is 15.9 Å². The first-order valence-electron chi connectivity index (χ1n) is 8.28. The van der Waals surface area contributed by atoms with Gasteiger partial charge in [0.2, 0.25) is 5.82 Å². The number of nitrogens with one attached hydrogen (secondary N) is 1. The standard InChI is InChI=1S/C17H12BrF3N6O3/c1-9(26-24-15(23-25-26)10-2-4-11(18)5-3-10)16(28)22-14-7-6-12(27(29)30)8-13(14)17(19,20)21/h2-9H,1H3,(H,22,28). The molecule has 9 nitrogen and oxygen atoms in total. The summed E-state index contributed by atoms with van der Waals surface area (Å²) in [6.07, 6.45) is -4.90. The van der Waals surface area contributed by atoms with Gasteiger partial charge in [0.05, 0.1) is 16.2 Å². The van der Waals surface area contributed by atoms with E-state index in [0.29, 0.717) is 11.6 Å². The zero-order valence-electron chi connectivity index (χ0n) is 15.1. The van der Waals surface area contributed by atoms with E-state index < -0.39 is 40.0 Å². The van der Waals surface area contributed by atoms with Gasteiger partial charge in [-0.2, -0.15) is 18.0 Å².